The molecule has 1 unspecified atom stereocenters. The zero-order valence-electron chi connectivity index (χ0n) is 20.2. The van der Waals surface area contributed by atoms with E-state index in [0.717, 1.165) is 12.8 Å². The van der Waals surface area contributed by atoms with E-state index in [1.54, 1.807) is 24.3 Å². The van der Waals surface area contributed by atoms with Crippen LogP contribution in [0, 0.1) is 0 Å². The van der Waals surface area contributed by atoms with Crippen LogP contribution in [0.3, 0.4) is 0 Å². The van der Waals surface area contributed by atoms with E-state index < -0.39 is 11.9 Å². The van der Waals surface area contributed by atoms with Crippen LogP contribution in [0.2, 0.25) is 0 Å². The molecule has 0 radical (unpaired) electrons. The predicted octanol–water partition coefficient (Wildman–Crippen LogP) is 4.30. The standard InChI is InChI=1S/C26H40N2O5/c1-3-4-5-6-7-8-9-10-11-15-24(30)27-16-17-28-25(31)19-23(26(32)33-2)22-14-12-13-21(18-22)20-29/h12-14,18,20,23H,3-11,15-17,19H2,1-2H3,(H,27,30)(H,28,31). The maximum Gasteiger partial charge on any atom is 0.313 e. The quantitative estimate of drug-likeness (QED) is 0.193. The Kier molecular flexibility index (Phi) is 15.3. The first-order valence-electron chi connectivity index (χ1n) is 12.2. The molecule has 2 amide bonds. The fraction of sp³-hybridized carbons (Fsp3) is 0.615. The highest BCUT2D eigenvalue weighted by molar-refractivity contribution is 5.87. The molecule has 184 valence electrons. The zero-order valence-corrected chi connectivity index (χ0v) is 20.2. The number of amides is 2. The number of hydrogen-bond donors (Lipinski definition) is 2. The lowest BCUT2D eigenvalue weighted by molar-refractivity contribution is -0.144. The molecule has 0 bridgehead atoms. The SMILES string of the molecule is CCCCCCCCCCCC(=O)NCCNC(=O)CC(C(=O)OC)c1cccc(C=O)c1. The number of carbonyl (C=O) groups excluding carboxylic acids is 4. The van der Waals surface area contributed by atoms with Crippen LogP contribution < -0.4 is 10.6 Å². The number of carbonyl (C=O) groups is 4. The van der Waals surface area contributed by atoms with Crippen molar-refractivity contribution in [3.05, 3.63) is 35.4 Å². The molecule has 0 aliphatic heterocycles. The van der Waals surface area contributed by atoms with Crippen LogP contribution in [0.4, 0.5) is 0 Å². The lowest BCUT2D eigenvalue weighted by Crippen LogP contribution is -2.35. The Labute approximate surface area is 198 Å². The summed E-state index contributed by atoms with van der Waals surface area (Å²) in [7, 11) is 1.26. The second kappa shape index (κ2) is 17.8. The summed E-state index contributed by atoms with van der Waals surface area (Å²) in [5.74, 6) is -1.67. The third-order valence-electron chi connectivity index (χ3n) is 5.60. The van der Waals surface area contributed by atoms with E-state index in [1.165, 1.54) is 52.1 Å². The van der Waals surface area contributed by atoms with Gasteiger partial charge in [0.05, 0.1) is 13.0 Å². The van der Waals surface area contributed by atoms with Gasteiger partial charge in [-0.2, -0.15) is 0 Å². The monoisotopic (exact) mass is 460 g/mol. The molecule has 0 spiro atoms. The minimum atomic E-state index is -0.795. The van der Waals surface area contributed by atoms with Crippen molar-refractivity contribution < 1.29 is 23.9 Å². The molecule has 7 nitrogen and oxygen atoms in total. The average molecular weight is 461 g/mol. The summed E-state index contributed by atoms with van der Waals surface area (Å²) in [5.41, 5.74) is 0.979. The van der Waals surface area contributed by atoms with Gasteiger partial charge < -0.3 is 15.4 Å². The molecule has 1 aromatic carbocycles. The summed E-state index contributed by atoms with van der Waals surface area (Å²) in [6.07, 6.45) is 12.0. The van der Waals surface area contributed by atoms with Crippen molar-refractivity contribution in [1.29, 1.82) is 0 Å². The number of rotatable bonds is 18. The van der Waals surface area contributed by atoms with E-state index >= 15 is 0 Å². The molecule has 1 atom stereocenters. The Morgan fingerprint density at radius 1 is 0.909 bits per heavy atom. The highest BCUT2D eigenvalue weighted by Gasteiger charge is 2.24. The van der Waals surface area contributed by atoms with E-state index in [4.69, 9.17) is 4.74 Å². The van der Waals surface area contributed by atoms with Crippen molar-refractivity contribution in [3.8, 4) is 0 Å². The van der Waals surface area contributed by atoms with Crippen LogP contribution in [0.25, 0.3) is 0 Å². The van der Waals surface area contributed by atoms with E-state index in [-0.39, 0.29) is 24.8 Å². The molecule has 2 N–H and O–H groups in total. The molecule has 0 fully saturated rings. The predicted molar refractivity (Wildman–Crippen MR) is 129 cm³/mol. The molecule has 0 heterocycles. The molecule has 0 aromatic heterocycles. The van der Waals surface area contributed by atoms with Crippen LogP contribution in [0.1, 0.15) is 99.4 Å². The number of ether oxygens (including phenoxy) is 1. The lowest BCUT2D eigenvalue weighted by Gasteiger charge is -2.15. The number of benzene rings is 1. The smallest absolute Gasteiger partial charge is 0.313 e. The van der Waals surface area contributed by atoms with Gasteiger partial charge in [-0.3, -0.25) is 19.2 Å². The van der Waals surface area contributed by atoms with Crippen LogP contribution in [0.5, 0.6) is 0 Å². The summed E-state index contributed by atoms with van der Waals surface area (Å²) >= 11 is 0. The van der Waals surface area contributed by atoms with Crippen LogP contribution >= 0.6 is 0 Å². The second-order valence-electron chi connectivity index (χ2n) is 8.35. The number of nitrogens with one attached hydrogen (secondary N) is 2. The summed E-state index contributed by atoms with van der Waals surface area (Å²) in [6, 6.07) is 6.56. The van der Waals surface area contributed by atoms with Crippen molar-refractivity contribution in [2.45, 2.75) is 83.5 Å². The van der Waals surface area contributed by atoms with Crippen LogP contribution in [-0.4, -0.2) is 44.3 Å². The third kappa shape index (κ3) is 12.8. The van der Waals surface area contributed by atoms with Gasteiger partial charge in [-0.05, 0) is 18.1 Å². The van der Waals surface area contributed by atoms with E-state index in [1.807, 2.05) is 0 Å². The van der Waals surface area contributed by atoms with Crippen LogP contribution in [-0.2, 0) is 19.1 Å². The zero-order chi connectivity index (χ0) is 24.3. The maximum atomic E-state index is 12.3. The minimum Gasteiger partial charge on any atom is -0.469 e. The largest absolute Gasteiger partial charge is 0.469 e. The number of aldehydes is 1. The molecule has 1 aromatic rings. The van der Waals surface area contributed by atoms with Gasteiger partial charge in [-0.1, -0.05) is 76.5 Å². The Morgan fingerprint density at radius 2 is 1.52 bits per heavy atom. The molecular formula is C26H40N2O5. The van der Waals surface area contributed by atoms with E-state index in [9.17, 15) is 19.2 Å². The van der Waals surface area contributed by atoms with Gasteiger partial charge in [0.15, 0.2) is 0 Å². The maximum absolute atomic E-state index is 12.3. The minimum absolute atomic E-state index is 0.00897. The summed E-state index contributed by atoms with van der Waals surface area (Å²) in [4.78, 5) is 47.4. The first kappa shape index (κ1) is 28.3. The first-order chi connectivity index (χ1) is 16.0. The lowest BCUT2D eigenvalue weighted by atomic mass is 9.94. The molecule has 7 heteroatoms. The van der Waals surface area contributed by atoms with Crippen LogP contribution in [0.15, 0.2) is 24.3 Å². The second-order valence-corrected chi connectivity index (χ2v) is 8.35. The Bertz CT molecular complexity index is 735. The Balaban J connectivity index is 2.22. The number of unbranched alkanes of at least 4 members (excludes halogenated alkanes) is 8. The average Bonchev–Trinajstić information content (AvgIpc) is 2.83. The van der Waals surface area contributed by atoms with Gasteiger partial charge in [0.1, 0.15) is 6.29 Å². The van der Waals surface area contributed by atoms with Gasteiger partial charge in [0.2, 0.25) is 11.8 Å². The third-order valence-corrected chi connectivity index (χ3v) is 5.60. The molecule has 33 heavy (non-hydrogen) atoms. The fourth-order valence-corrected chi connectivity index (χ4v) is 3.67. The molecule has 1 rings (SSSR count). The van der Waals surface area contributed by atoms with Gasteiger partial charge in [0.25, 0.3) is 0 Å². The Hall–Kier alpha value is -2.70. The molecule has 0 aliphatic carbocycles. The van der Waals surface area contributed by atoms with Crippen molar-refractivity contribution in [2.75, 3.05) is 20.2 Å². The van der Waals surface area contributed by atoms with Gasteiger partial charge >= 0.3 is 5.97 Å². The van der Waals surface area contributed by atoms with Crippen molar-refractivity contribution in [2.24, 2.45) is 0 Å². The normalized spacial score (nSPS) is 11.5. The van der Waals surface area contributed by atoms with Gasteiger partial charge in [-0.15, -0.1) is 0 Å². The summed E-state index contributed by atoms with van der Waals surface area (Å²) in [5, 5.41) is 5.53. The number of esters is 1. The number of methoxy groups -OCH3 is 1. The molecular weight excluding hydrogens is 420 g/mol. The van der Waals surface area contributed by atoms with Crippen molar-refractivity contribution >= 4 is 24.1 Å². The van der Waals surface area contributed by atoms with E-state index in [2.05, 4.69) is 17.6 Å². The molecule has 0 aliphatic rings. The molecule has 0 saturated carbocycles. The summed E-state index contributed by atoms with van der Waals surface area (Å²) < 4.78 is 4.82. The highest BCUT2D eigenvalue weighted by atomic mass is 16.5. The fourth-order valence-electron chi connectivity index (χ4n) is 3.67. The summed E-state index contributed by atoms with van der Waals surface area (Å²) in [6.45, 7) is 2.84. The first-order valence-corrected chi connectivity index (χ1v) is 12.2. The van der Waals surface area contributed by atoms with E-state index in [0.29, 0.717) is 30.4 Å². The topological polar surface area (TPSA) is 102 Å². The van der Waals surface area contributed by atoms with Gasteiger partial charge in [0, 0.05) is 31.5 Å². The van der Waals surface area contributed by atoms with Crippen molar-refractivity contribution in [3.63, 3.8) is 0 Å². The molecule has 0 saturated heterocycles. The van der Waals surface area contributed by atoms with Crippen molar-refractivity contribution in [1.82, 2.24) is 10.6 Å². The van der Waals surface area contributed by atoms with Gasteiger partial charge in [-0.25, -0.2) is 0 Å². The number of hydrogen-bond acceptors (Lipinski definition) is 5. The highest BCUT2D eigenvalue weighted by Crippen LogP contribution is 2.22. The Morgan fingerprint density at radius 3 is 2.12 bits per heavy atom.